The van der Waals surface area contributed by atoms with E-state index in [1.165, 1.54) is 6.07 Å². The van der Waals surface area contributed by atoms with E-state index in [0.717, 1.165) is 30.9 Å². The minimum atomic E-state index is -0.432. The molecule has 29 heavy (non-hydrogen) atoms. The van der Waals surface area contributed by atoms with Crippen molar-refractivity contribution >= 4 is 33.6 Å². The maximum atomic E-state index is 15.0. The number of nitrogens with zero attached hydrogens (tertiary/aromatic N) is 3. The standard InChI is InChI=1S/C21H22F2N6/c1-12-9-29-11-14(5-17(23)21(29)26-12)27-19-8-25-18-7-15(6-16(22)20(18)19)28-4-3-13(10-28)24-2/h5-9,11,13,24-25,27H,3-4,10H2,1-2H3. The average Bonchev–Trinajstić information content (AvgIpc) is 3.40. The van der Waals surface area contributed by atoms with Crippen LogP contribution in [-0.4, -0.2) is 40.5 Å². The number of pyridine rings is 1. The molecule has 1 atom stereocenters. The number of H-pyrrole nitrogens is 1. The highest BCUT2D eigenvalue weighted by Crippen LogP contribution is 2.33. The molecule has 0 bridgehead atoms. The molecule has 0 radical (unpaired) electrons. The summed E-state index contributed by atoms with van der Waals surface area (Å²) in [6.07, 6.45) is 6.24. The highest BCUT2D eigenvalue weighted by molar-refractivity contribution is 5.96. The molecule has 1 saturated heterocycles. The Labute approximate surface area is 166 Å². The van der Waals surface area contributed by atoms with Gasteiger partial charge in [0.2, 0.25) is 0 Å². The second kappa shape index (κ2) is 6.73. The largest absolute Gasteiger partial charge is 0.370 e. The van der Waals surface area contributed by atoms with Gasteiger partial charge in [-0.15, -0.1) is 0 Å². The predicted molar refractivity (Wildman–Crippen MR) is 111 cm³/mol. The van der Waals surface area contributed by atoms with Crippen molar-refractivity contribution in [1.82, 2.24) is 19.7 Å². The number of anilines is 3. The van der Waals surface area contributed by atoms with E-state index < -0.39 is 5.82 Å². The first kappa shape index (κ1) is 17.9. The molecule has 1 aliphatic rings. The van der Waals surface area contributed by atoms with Gasteiger partial charge in [0.1, 0.15) is 5.82 Å². The molecule has 6 nitrogen and oxygen atoms in total. The summed E-state index contributed by atoms with van der Waals surface area (Å²) in [4.78, 5) is 9.48. The molecule has 8 heteroatoms. The number of fused-ring (bicyclic) bond motifs is 2. The molecule has 3 N–H and O–H groups in total. The lowest BCUT2D eigenvalue weighted by molar-refractivity contribution is 0.616. The fraction of sp³-hybridized carbons (Fsp3) is 0.286. The Hall–Kier alpha value is -3.13. The molecule has 0 spiro atoms. The zero-order valence-electron chi connectivity index (χ0n) is 16.3. The molecule has 1 aromatic carbocycles. The molecular formula is C21H22F2N6. The van der Waals surface area contributed by atoms with Gasteiger partial charge < -0.3 is 24.9 Å². The Bertz CT molecular complexity index is 1210. The van der Waals surface area contributed by atoms with Crippen LogP contribution in [0.5, 0.6) is 0 Å². The number of aromatic nitrogens is 3. The highest BCUT2D eigenvalue weighted by atomic mass is 19.1. The lowest BCUT2D eigenvalue weighted by Crippen LogP contribution is -2.29. The van der Waals surface area contributed by atoms with Gasteiger partial charge in [0.15, 0.2) is 11.5 Å². The number of hydrogen-bond acceptors (Lipinski definition) is 4. The fourth-order valence-electron chi connectivity index (χ4n) is 4.12. The van der Waals surface area contributed by atoms with E-state index in [9.17, 15) is 4.39 Å². The first-order valence-electron chi connectivity index (χ1n) is 9.66. The molecule has 0 aliphatic carbocycles. The molecule has 1 unspecified atom stereocenters. The van der Waals surface area contributed by atoms with E-state index in [1.54, 1.807) is 29.1 Å². The summed E-state index contributed by atoms with van der Waals surface area (Å²) in [5, 5.41) is 6.87. The summed E-state index contributed by atoms with van der Waals surface area (Å²) in [5.74, 6) is -0.743. The Balaban J connectivity index is 1.48. The van der Waals surface area contributed by atoms with Crippen LogP contribution in [0.4, 0.5) is 25.8 Å². The predicted octanol–water partition coefficient (Wildman–Crippen LogP) is 3.94. The van der Waals surface area contributed by atoms with Gasteiger partial charge in [0, 0.05) is 49.5 Å². The Morgan fingerprint density at radius 3 is 2.83 bits per heavy atom. The zero-order valence-corrected chi connectivity index (χ0v) is 16.3. The third kappa shape index (κ3) is 3.09. The molecule has 4 aromatic rings. The molecular weight excluding hydrogens is 374 g/mol. The number of rotatable bonds is 4. The molecule has 5 rings (SSSR count). The normalized spacial score (nSPS) is 17.0. The van der Waals surface area contributed by atoms with Crippen LogP contribution in [0, 0.1) is 18.6 Å². The van der Waals surface area contributed by atoms with Crippen molar-refractivity contribution in [3.8, 4) is 0 Å². The second-order valence-corrected chi connectivity index (χ2v) is 7.59. The van der Waals surface area contributed by atoms with Crippen LogP contribution in [0.1, 0.15) is 12.1 Å². The molecule has 150 valence electrons. The van der Waals surface area contributed by atoms with Crippen molar-refractivity contribution < 1.29 is 8.78 Å². The maximum absolute atomic E-state index is 15.0. The van der Waals surface area contributed by atoms with Gasteiger partial charge in [0.05, 0.1) is 28.0 Å². The second-order valence-electron chi connectivity index (χ2n) is 7.59. The first-order chi connectivity index (χ1) is 14.0. The summed E-state index contributed by atoms with van der Waals surface area (Å²) in [5.41, 5.74) is 3.66. The average molecular weight is 396 g/mol. The maximum Gasteiger partial charge on any atom is 0.173 e. The van der Waals surface area contributed by atoms with Gasteiger partial charge in [0.25, 0.3) is 0 Å². The molecule has 4 heterocycles. The number of aromatic amines is 1. The van der Waals surface area contributed by atoms with Crippen LogP contribution in [0.15, 0.2) is 36.8 Å². The summed E-state index contributed by atoms with van der Waals surface area (Å²) >= 11 is 0. The van der Waals surface area contributed by atoms with E-state index in [0.29, 0.717) is 28.3 Å². The Kier molecular flexibility index (Phi) is 4.16. The van der Waals surface area contributed by atoms with Crippen LogP contribution < -0.4 is 15.5 Å². The Morgan fingerprint density at radius 2 is 2.03 bits per heavy atom. The molecule has 0 saturated carbocycles. The molecule has 0 amide bonds. The van der Waals surface area contributed by atoms with Crippen molar-refractivity contribution in [3.63, 3.8) is 0 Å². The molecule has 3 aromatic heterocycles. The lowest BCUT2D eigenvalue weighted by atomic mass is 10.2. The quantitative estimate of drug-likeness (QED) is 0.489. The van der Waals surface area contributed by atoms with E-state index in [-0.39, 0.29) is 11.5 Å². The summed E-state index contributed by atoms with van der Waals surface area (Å²) in [6.45, 7) is 3.56. The molecule has 1 aliphatic heterocycles. The van der Waals surface area contributed by atoms with Crippen LogP contribution in [0.3, 0.4) is 0 Å². The van der Waals surface area contributed by atoms with Crippen LogP contribution >= 0.6 is 0 Å². The van der Waals surface area contributed by atoms with Gasteiger partial charge in [-0.2, -0.15) is 0 Å². The highest BCUT2D eigenvalue weighted by Gasteiger charge is 2.23. The number of aryl methyl sites for hydroxylation is 1. The SMILES string of the molecule is CNC1CCN(c2cc(F)c3c(Nc4cc(F)c5nc(C)cn5c4)c[nH]c3c2)C1. The van der Waals surface area contributed by atoms with Gasteiger partial charge in [-0.3, -0.25) is 0 Å². The number of hydrogen-bond donors (Lipinski definition) is 3. The van der Waals surface area contributed by atoms with Gasteiger partial charge in [-0.25, -0.2) is 13.8 Å². The van der Waals surface area contributed by atoms with Crippen molar-refractivity contribution in [2.75, 3.05) is 30.4 Å². The van der Waals surface area contributed by atoms with Gasteiger partial charge in [-0.1, -0.05) is 0 Å². The fourth-order valence-corrected chi connectivity index (χ4v) is 4.12. The van der Waals surface area contributed by atoms with Gasteiger partial charge in [-0.05, 0) is 32.5 Å². The number of nitrogens with one attached hydrogen (secondary N) is 3. The summed E-state index contributed by atoms with van der Waals surface area (Å²) in [7, 11) is 1.95. The van der Waals surface area contributed by atoms with Crippen LogP contribution in [0.25, 0.3) is 16.6 Å². The third-order valence-electron chi connectivity index (χ3n) is 5.58. The van der Waals surface area contributed by atoms with Crippen molar-refractivity contribution in [1.29, 1.82) is 0 Å². The topological polar surface area (TPSA) is 60.4 Å². The first-order valence-corrected chi connectivity index (χ1v) is 9.66. The van der Waals surface area contributed by atoms with Crippen molar-refractivity contribution in [2.24, 2.45) is 0 Å². The van der Waals surface area contributed by atoms with E-state index in [1.807, 2.05) is 20.0 Å². The van der Waals surface area contributed by atoms with E-state index in [4.69, 9.17) is 0 Å². The molecule has 1 fully saturated rings. The van der Waals surface area contributed by atoms with Gasteiger partial charge >= 0.3 is 0 Å². The zero-order chi connectivity index (χ0) is 20.1. The minimum Gasteiger partial charge on any atom is -0.370 e. The number of likely N-dealkylation sites (N-methyl/N-ethyl adjacent to an activating group) is 1. The summed E-state index contributed by atoms with van der Waals surface area (Å²) < 4.78 is 31.0. The van der Waals surface area contributed by atoms with Crippen LogP contribution in [0.2, 0.25) is 0 Å². The third-order valence-corrected chi connectivity index (χ3v) is 5.58. The van der Waals surface area contributed by atoms with E-state index in [2.05, 4.69) is 25.5 Å². The lowest BCUT2D eigenvalue weighted by Gasteiger charge is -2.19. The van der Waals surface area contributed by atoms with Crippen molar-refractivity contribution in [2.45, 2.75) is 19.4 Å². The summed E-state index contributed by atoms with van der Waals surface area (Å²) in [6, 6.07) is 5.33. The number of halogens is 2. The Morgan fingerprint density at radius 1 is 1.17 bits per heavy atom. The van der Waals surface area contributed by atoms with E-state index >= 15 is 4.39 Å². The van der Waals surface area contributed by atoms with Crippen molar-refractivity contribution in [3.05, 3.63) is 54.1 Å². The minimum absolute atomic E-state index is 0.272. The number of benzene rings is 1. The smallest absolute Gasteiger partial charge is 0.173 e. The van der Waals surface area contributed by atoms with Crippen LogP contribution in [-0.2, 0) is 0 Å². The number of imidazole rings is 1. The monoisotopic (exact) mass is 396 g/mol.